The van der Waals surface area contributed by atoms with Gasteiger partial charge >= 0.3 is 0 Å². The molecular formula is C10H14N4S. The summed E-state index contributed by atoms with van der Waals surface area (Å²) in [7, 11) is 1.96. The van der Waals surface area contributed by atoms with Crippen LogP contribution in [0.1, 0.15) is 12.2 Å². The first-order valence-corrected chi connectivity index (χ1v) is 5.88. The summed E-state index contributed by atoms with van der Waals surface area (Å²) in [5.41, 5.74) is 0. The van der Waals surface area contributed by atoms with Crippen LogP contribution < -0.4 is 5.32 Å². The van der Waals surface area contributed by atoms with Crippen molar-refractivity contribution >= 4 is 11.3 Å². The quantitative estimate of drug-likeness (QED) is 0.757. The van der Waals surface area contributed by atoms with Gasteiger partial charge in [-0.05, 0) is 31.5 Å². The first-order valence-electron chi connectivity index (χ1n) is 5.00. The fourth-order valence-electron chi connectivity index (χ4n) is 1.36. The molecule has 2 rings (SSSR count). The molecule has 80 valence electrons. The van der Waals surface area contributed by atoms with Crippen LogP contribution in [-0.2, 0) is 6.42 Å². The first kappa shape index (κ1) is 10.3. The van der Waals surface area contributed by atoms with Crippen LogP contribution in [0, 0.1) is 0 Å². The van der Waals surface area contributed by atoms with Crippen LogP contribution in [0.25, 0.3) is 10.7 Å². The summed E-state index contributed by atoms with van der Waals surface area (Å²) in [6.45, 7) is 1.01. The minimum atomic E-state index is 0.810. The maximum atomic E-state index is 4.44. The smallest absolute Gasteiger partial charge is 0.191 e. The number of aromatic amines is 1. The van der Waals surface area contributed by atoms with Gasteiger partial charge in [-0.3, -0.25) is 5.10 Å². The summed E-state index contributed by atoms with van der Waals surface area (Å²) in [4.78, 5) is 5.56. The van der Waals surface area contributed by atoms with Gasteiger partial charge in [0, 0.05) is 6.42 Å². The van der Waals surface area contributed by atoms with E-state index in [0.29, 0.717) is 0 Å². The topological polar surface area (TPSA) is 53.6 Å². The Hall–Kier alpha value is -1.20. The largest absolute Gasteiger partial charge is 0.320 e. The fourth-order valence-corrected chi connectivity index (χ4v) is 2.01. The van der Waals surface area contributed by atoms with Gasteiger partial charge in [-0.2, -0.15) is 5.10 Å². The molecule has 0 aromatic carbocycles. The van der Waals surface area contributed by atoms with E-state index in [0.717, 1.165) is 35.9 Å². The van der Waals surface area contributed by atoms with E-state index < -0.39 is 0 Å². The van der Waals surface area contributed by atoms with E-state index in [9.17, 15) is 0 Å². The molecule has 5 heteroatoms. The zero-order chi connectivity index (χ0) is 10.5. The molecule has 0 saturated heterocycles. The molecule has 0 aliphatic rings. The van der Waals surface area contributed by atoms with Gasteiger partial charge in [0.15, 0.2) is 5.82 Å². The average Bonchev–Trinajstić information content (AvgIpc) is 2.87. The highest BCUT2D eigenvalue weighted by molar-refractivity contribution is 7.13. The summed E-state index contributed by atoms with van der Waals surface area (Å²) in [6.07, 6.45) is 2.02. The molecule has 2 N–H and O–H groups in total. The van der Waals surface area contributed by atoms with Gasteiger partial charge in [0.05, 0.1) is 4.88 Å². The van der Waals surface area contributed by atoms with Crippen LogP contribution in [0.5, 0.6) is 0 Å². The molecule has 0 saturated carbocycles. The van der Waals surface area contributed by atoms with Crippen molar-refractivity contribution in [2.75, 3.05) is 13.6 Å². The highest BCUT2D eigenvalue weighted by atomic mass is 32.1. The molecule has 0 atom stereocenters. The Morgan fingerprint density at radius 3 is 3.20 bits per heavy atom. The second kappa shape index (κ2) is 5.04. The highest BCUT2D eigenvalue weighted by Gasteiger charge is 2.05. The van der Waals surface area contributed by atoms with Crippen LogP contribution in [0.3, 0.4) is 0 Å². The van der Waals surface area contributed by atoms with Crippen molar-refractivity contribution in [3.63, 3.8) is 0 Å². The van der Waals surface area contributed by atoms with Crippen molar-refractivity contribution < 1.29 is 0 Å². The van der Waals surface area contributed by atoms with Crippen molar-refractivity contribution in [3.8, 4) is 10.7 Å². The van der Waals surface area contributed by atoms with Crippen LogP contribution in [0.2, 0.25) is 0 Å². The van der Waals surface area contributed by atoms with Crippen LogP contribution in [-0.4, -0.2) is 28.8 Å². The van der Waals surface area contributed by atoms with Crippen molar-refractivity contribution in [2.24, 2.45) is 0 Å². The Balaban J connectivity index is 1.98. The van der Waals surface area contributed by atoms with Crippen LogP contribution in [0.15, 0.2) is 17.5 Å². The Bertz CT molecular complexity index is 393. The summed E-state index contributed by atoms with van der Waals surface area (Å²) >= 11 is 1.66. The number of nitrogens with zero attached hydrogens (tertiary/aromatic N) is 2. The lowest BCUT2D eigenvalue weighted by molar-refractivity contribution is 0.704. The molecule has 2 aromatic heterocycles. The van der Waals surface area contributed by atoms with Gasteiger partial charge in [-0.25, -0.2) is 4.98 Å². The Morgan fingerprint density at radius 2 is 2.47 bits per heavy atom. The number of hydrogen-bond donors (Lipinski definition) is 2. The Kier molecular flexibility index (Phi) is 3.47. The maximum Gasteiger partial charge on any atom is 0.191 e. The number of thiophene rings is 1. The molecule has 0 aliphatic carbocycles. The number of aryl methyl sites for hydroxylation is 1. The number of rotatable bonds is 5. The Labute approximate surface area is 92.8 Å². The van der Waals surface area contributed by atoms with Gasteiger partial charge < -0.3 is 5.32 Å². The predicted molar refractivity (Wildman–Crippen MR) is 61.9 cm³/mol. The molecule has 2 aromatic rings. The first-order chi connectivity index (χ1) is 7.40. The van der Waals surface area contributed by atoms with Gasteiger partial charge in [0.2, 0.25) is 0 Å². The molecule has 2 heterocycles. The minimum Gasteiger partial charge on any atom is -0.320 e. The summed E-state index contributed by atoms with van der Waals surface area (Å²) in [5, 5.41) is 12.3. The summed E-state index contributed by atoms with van der Waals surface area (Å²) in [5.74, 6) is 1.78. The van der Waals surface area contributed by atoms with E-state index in [1.807, 2.05) is 24.6 Å². The number of aromatic nitrogens is 3. The molecule has 15 heavy (non-hydrogen) atoms. The predicted octanol–water partition coefficient (Wildman–Crippen LogP) is 1.69. The van der Waals surface area contributed by atoms with Crippen molar-refractivity contribution in [1.29, 1.82) is 0 Å². The van der Waals surface area contributed by atoms with Crippen molar-refractivity contribution in [3.05, 3.63) is 23.3 Å². The molecule has 0 unspecified atom stereocenters. The SMILES string of the molecule is CNCCCc1nc(-c2cccs2)n[nH]1. The highest BCUT2D eigenvalue weighted by Crippen LogP contribution is 2.20. The zero-order valence-corrected chi connectivity index (χ0v) is 9.47. The minimum absolute atomic E-state index is 0.810. The second-order valence-electron chi connectivity index (χ2n) is 3.29. The van der Waals surface area contributed by atoms with Crippen molar-refractivity contribution in [1.82, 2.24) is 20.5 Å². The zero-order valence-electron chi connectivity index (χ0n) is 8.66. The van der Waals surface area contributed by atoms with Gasteiger partial charge in [-0.1, -0.05) is 6.07 Å². The van der Waals surface area contributed by atoms with E-state index >= 15 is 0 Å². The van der Waals surface area contributed by atoms with E-state index in [2.05, 4.69) is 20.5 Å². The van der Waals surface area contributed by atoms with Gasteiger partial charge in [0.1, 0.15) is 5.82 Å². The summed E-state index contributed by atoms with van der Waals surface area (Å²) < 4.78 is 0. The fraction of sp³-hybridized carbons (Fsp3) is 0.400. The molecular weight excluding hydrogens is 208 g/mol. The van der Waals surface area contributed by atoms with Gasteiger partial charge in [-0.15, -0.1) is 11.3 Å². The summed E-state index contributed by atoms with van der Waals surface area (Å²) in [6, 6.07) is 4.04. The molecule has 4 nitrogen and oxygen atoms in total. The lowest BCUT2D eigenvalue weighted by Crippen LogP contribution is -2.08. The lowest BCUT2D eigenvalue weighted by atomic mass is 10.3. The van der Waals surface area contributed by atoms with E-state index in [-0.39, 0.29) is 0 Å². The molecule has 0 radical (unpaired) electrons. The van der Waals surface area contributed by atoms with Gasteiger partial charge in [0.25, 0.3) is 0 Å². The van der Waals surface area contributed by atoms with Crippen molar-refractivity contribution in [2.45, 2.75) is 12.8 Å². The average molecular weight is 222 g/mol. The molecule has 0 bridgehead atoms. The van der Waals surface area contributed by atoms with E-state index in [1.165, 1.54) is 0 Å². The van der Waals surface area contributed by atoms with E-state index in [4.69, 9.17) is 0 Å². The third-order valence-corrected chi connectivity index (χ3v) is 2.98. The van der Waals surface area contributed by atoms with Crippen LogP contribution in [0.4, 0.5) is 0 Å². The third-order valence-electron chi connectivity index (χ3n) is 2.11. The third kappa shape index (κ3) is 2.64. The molecule has 0 fully saturated rings. The molecule has 0 amide bonds. The lowest BCUT2D eigenvalue weighted by Gasteiger charge is -1.94. The number of nitrogens with one attached hydrogen (secondary N) is 2. The second-order valence-corrected chi connectivity index (χ2v) is 4.24. The van der Waals surface area contributed by atoms with Crippen LogP contribution >= 0.6 is 11.3 Å². The number of hydrogen-bond acceptors (Lipinski definition) is 4. The molecule has 0 aliphatic heterocycles. The normalized spacial score (nSPS) is 10.7. The monoisotopic (exact) mass is 222 g/mol. The van der Waals surface area contributed by atoms with E-state index in [1.54, 1.807) is 11.3 Å². The maximum absolute atomic E-state index is 4.44. The number of H-pyrrole nitrogens is 1. The Morgan fingerprint density at radius 1 is 1.53 bits per heavy atom. The molecule has 0 spiro atoms. The standard InChI is InChI=1S/C10H14N4S/c1-11-6-2-5-9-12-10(14-13-9)8-4-3-7-15-8/h3-4,7,11H,2,5-6H2,1H3,(H,12,13,14).